The molecule has 3 rings (SSSR count). The van der Waals surface area contributed by atoms with Crippen molar-refractivity contribution in [1.82, 2.24) is 9.88 Å². The SMILES string of the molecule is CCc1cc(-c2ccc(CN3CCCC(OC)C3)s2)c(C)[nH]c1=O.Cl. The van der Waals surface area contributed by atoms with Crippen LogP contribution >= 0.6 is 23.7 Å². The Morgan fingerprint density at radius 2 is 2.20 bits per heavy atom. The van der Waals surface area contributed by atoms with Crippen LogP contribution in [0.15, 0.2) is 23.0 Å². The molecular formula is C19H27ClN2O2S. The highest BCUT2D eigenvalue weighted by Gasteiger charge is 2.20. The molecule has 1 aliphatic heterocycles. The number of nitrogens with one attached hydrogen (secondary N) is 1. The van der Waals surface area contributed by atoms with Gasteiger partial charge >= 0.3 is 0 Å². The number of thiophene rings is 1. The summed E-state index contributed by atoms with van der Waals surface area (Å²) >= 11 is 1.82. The lowest BCUT2D eigenvalue weighted by atomic mass is 10.1. The second-order valence-corrected chi connectivity index (χ2v) is 7.69. The van der Waals surface area contributed by atoms with Crippen LogP contribution in [0.4, 0.5) is 0 Å². The Morgan fingerprint density at radius 1 is 1.40 bits per heavy atom. The minimum Gasteiger partial charge on any atom is -0.380 e. The van der Waals surface area contributed by atoms with Gasteiger partial charge in [0.1, 0.15) is 0 Å². The highest BCUT2D eigenvalue weighted by atomic mass is 35.5. The number of hydrogen-bond donors (Lipinski definition) is 1. The average molecular weight is 383 g/mol. The van der Waals surface area contributed by atoms with Gasteiger partial charge in [0.2, 0.25) is 0 Å². The molecule has 0 spiro atoms. The smallest absolute Gasteiger partial charge is 0.251 e. The van der Waals surface area contributed by atoms with E-state index in [1.54, 1.807) is 0 Å². The number of aromatic nitrogens is 1. The van der Waals surface area contributed by atoms with Crippen LogP contribution in [0.25, 0.3) is 10.4 Å². The van der Waals surface area contributed by atoms with Crippen LogP contribution in [0.5, 0.6) is 0 Å². The van der Waals surface area contributed by atoms with Crippen LogP contribution in [0.2, 0.25) is 0 Å². The number of piperidine rings is 1. The summed E-state index contributed by atoms with van der Waals surface area (Å²) in [7, 11) is 1.81. The number of nitrogens with zero attached hydrogens (tertiary/aromatic N) is 1. The van der Waals surface area contributed by atoms with E-state index in [0.29, 0.717) is 6.10 Å². The van der Waals surface area contributed by atoms with Gasteiger partial charge in [-0.25, -0.2) is 0 Å². The second-order valence-electron chi connectivity index (χ2n) is 6.52. The summed E-state index contributed by atoms with van der Waals surface area (Å²) in [5.41, 5.74) is 2.98. The van der Waals surface area contributed by atoms with Crippen molar-refractivity contribution >= 4 is 23.7 Å². The van der Waals surface area contributed by atoms with E-state index in [2.05, 4.69) is 22.0 Å². The quantitative estimate of drug-likeness (QED) is 0.849. The lowest BCUT2D eigenvalue weighted by Crippen LogP contribution is -2.38. The number of pyridine rings is 1. The Labute approximate surface area is 159 Å². The molecule has 1 fully saturated rings. The first-order valence-electron chi connectivity index (χ1n) is 8.67. The zero-order valence-corrected chi connectivity index (χ0v) is 16.8. The summed E-state index contributed by atoms with van der Waals surface area (Å²) in [6.07, 6.45) is 3.49. The van der Waals surface area contributed by atoms with E-state index in [9.17, 15) is 4.79 Å². The molecule has 3 heterocycles. The molecule has 0 amide bonds. The zero-order chi connectivity index (χ0) is 17.1. The van der Waals surface area contributed by atoms with Gasteiger partial charge in [0.05, 0.1) is 6.10 Å². The first-order valence-corrected chi connectivity index (χ1v) is 9.49. The standard InChI is InChI=1S/C19H26N2O2S.ClH/c1-4-14-10-17(13(2)20-19(14)22)18-8-7-16(24-18)12-21-9-5-6-15(11-21)23-3;/h7-8,10,15H,4-6,9,11-12H2,1-3H3,(H,20,22);1H. The van der Waals surface area contributed by atoms with Gasteiger partial charge in [0.15, 0.2) is 0 Å². The normalized spacial score (nSPS) is 18.1. The molecule has 0 radical (unpaired) electrons. The average Bonchev–Trinajstić information content (AvgIpc) is 3.03. The number of H-pyrrole nitrogens is 1. The predicted octanol–water partition coefficient (Wildman–Crippen LogP) is 4.01. The largest absolute Gasteiger partial charge is 0.380 e. The molecule has 25 heavy (non-hydrogen) atoms. The van der Waals surface area contributed by atoms with Crippen molar-refractivity contribution in [2.24, 2.45) is 0 Å². The third-order valence-corrected chi connectivity index (χ3v) is 5.90. The second kappa shape index (κ2) is 8.99. The molecule has 4 nitrogen and oxygen atoms in total. The van der Waals surface area contributed by atoms with Crippen molar-refractivity contribution in [2.45, 2.75) is 45.8 Å². The first kappa shape index (κ1) is 20.2. The molecule has 6 heteroatoms. The number of aromatic amines is 1. The van der Waals surface area contributed by atoms with E-state index in [-0.39, 0.29) is 18.0 Å². The lowest BCUT2D eigenvalue weighted by molar-refractivity contribution is 0.0289. The summed E-state index contributed by atoms with van der Waals surface area (Å²) in [4.78, 5) is 20.0. The number of rotatable bonds is 5. The fourth-order valence-electron chi connectivity index (χ4n) is 3.36. The van der Waals surface area contributed by atoms with Crippen molar-refractivity contribution in [2.75, 3.05) is 20.2 Å². The fourth-order valence-corrected chi connectivity index (χ4v) is 4.49. The molecule has 0 saturated carbocycles. The van der Waals surface area contributed by atoms with E-state index in [0.717, 1.165) is 42.9 Å². The molecule has 1 unspecified atom stereocenters. The van der Waals surface area contributed by atoms with Crippen LogP contribution in [0.1, 0.15) is 35.9 Å². The molecule has 1 atom stereocenters. The van der Waals surface area contributed by atoms with E-state index >= 15 is 0 Å². The molecule has 138 valence electrons. The van der Waals surface area contributed by atoms with Crippen molar-refractivity contribution < 1.29 is 4.74 Å². The maximum atomic E-state index is 11.9. The van der Waals surface area contributed by atoms with E-state index in [1.807, 2.05) is 38.4 Å². The van der Waals surface area contributed by atoms with Crippen molar-refractivity contribution in [3.05, 3.63) is 44.7 Å². The molecule has 2 aromatic rings. The van der Waals surface area contributed by atoms with Crippen molar-refractivity contribution in [3.8, 4) is 10.4 Å². The van der Waals surface area contributed by atoms with Crippen LogP contribution < -0.4 is 5.56 Å². The third kappa shape index (κ3) is 4.73. The zero-order valence-electron chi connectivity index (χ0n) is 15.1. The van der Waals surface area contributed by atoms with Gasteiger partial charge < -0.3 is 9.72 Å². The Hall–Kier alpha value is -1.14. The summed E-state index contributed by atoms with van der Waals surface area (Å²) in [6.45, 7) is 7.13. The van der Waals surface area contributed by atoms with Crippen LogP contribution in [-0.2, 0) is 17.7 Å². The Morgan fingerprint density at radius 3 is 2.92 bits per heavy atom. The highest BCUT2D eigenvalue weighted by Crippen LogP contribution is 2.31. The van der Waals surface area contributed by atoms with Gasteiger partial charge in [0, 0.05) is 46.8 Å². The molecule has 0 aromatic carbocycles. The Balaban J connectivity index is 0.00000225. The third-order valence-electron chi connectivity index (χ3n) is 4.80. The molecular weight excluding hydrogens is 356 g/mol. The monoisotopic (exact) mass is 382 g/mol. The number of methoxy groups -OCH3 is 1. The maximum Gasteiger partial charge on any atom is 0.251 e. The Kier molecular flexibility index (Phi) is 7.25. The predicted molar refractivity (Wildman–Crippen MR) is 107 cm³/mol. The number of ether oxygens (including phenoxy) is 1. The fraction of sp³-hybridized carbons (Fsp3) is 0.526. The maximum absolute atomic E-state index is 11.9. The van der Waals surface area contributed by atoms with Crippen molar-refractivity contribution in [3.63, 3.8) is 0 Å². The van der Waals surface area contributed by atoms with Crippen molar-refractivity contribution in [1.29, 1.82) is 0 Å². The van der Waals surface area contributed by atoms with Crippen LogP contribution in [0, 0.1) is 6.92 Å². The van der Waals surface area contributed by atoms with Gasteiger partial charge in [-0.05, 0) is 50.9 Å². The van der Waals surface area contributed by atoms with Gasteiger partial charge in [-0.15, -0.1) is 23.7 Å². The van der Waals surface area contributed by atoms with E-state index in [1.165, 1.54) is 22.6 Å². The number of hydrogen-bond acceptors (Lipinski definition) is 4. The molecule has 1 N–H and O–H groups in total. The first-order chi connectivity index (χ1) is 11.6. The molecule has 2 aromatic heterocycles. The highest BCUT2D eigenvalue weighted by molar-refractivity contribution is 7.15. The number of halogens is 1. The van der Waals surface area contributed by atoms with Gasteiger partial charge in [-0.3, -0.25) is 9.69 Å². The molecule has 0 bridgehead atoms. The molecule has 0 aliphatic carbocycles. The summed E-state index contributed by atoms with van der Waals surface area (Å²) in [5.74, 6) is 0. The number of likely N-dealkylation sites (tertiary alicyclic amines) is 1. The van der Waals surface area contributed by atoms with Gasteiger partial charge in [-0.1, -0.05) is 6.92 Å². The van der Waals surface area contributed by atoms with Gasteiger partial charge in [0.25, 0.3) is 5.56 Å². The van der Waals surface area contributed by atoms with E-state index in [4.69, 9.17) is 4.74 Å². The van der Waals surface area contributed by atoms with E-state index < -0.39 is 0 Å². The minimum atomic E-state index is 0. The minimum absolute atomic E-state index is 0. The van der Waals surface area contributed by atoms with Crippen LogP contribution in [-0.4, -0.2) is 36.2 Å². The topological polar surface area (TPSA) is 45.3 Å². The summed E-state index contributed by atoms with van der Waals surface area (Å²) in [5, 5.41) is 0. The summed E-state index contributed by atoms with van der Waals surface area (Å²) in [6, 6.07) is 6.44. The lowest BCUT2D eigenvalue weighted by Gasteiger charge is -2.31. The number of aryl methyl sites for hydroxylation is 2. The summed E-state index contributed by atoms with van der Waals surface area (Å²) < 4.78 is 5.51. The molecule has 1 aliphatic rings. The van der Waals surface area contributed by atoms with Crippen LogP contribution in [0.3, 0.4) is 0 Å². The Bertz CT molecular complexity index is 756. The van der Waals surface area contributed by atoms with Gasteiger partial charge in [-0.2, -0.15) is 0 Å². The molecule has 1 saturated heterocycles.